The molecule has 0 N–H and O–H groups in total. The lowest BCUT2D eigenvalue weighted by atomic mass is 10.0. The maximum absolute atomic E-state index is 12.2. The largest absolute Gasteiger partial charge is 0.493 e. The van der Waals surface area contributed by atoms with Crippen LogP contribution in [0.1, 0.15) is 42.0 Å². The molecule has 0 radical (unpaired) electrons. The third kappa shape index (κ3) is 5.92. The number of ether oxygens (including phenoxy) is 2. The number of hydrogen-bond acceptors (Lipinski definition) is 4. The van der Waals surface area contributed by atoms with Gasteiger partial charge in [0.05, 0.1) is 7.11 Å². The van der Waals surface area contributed by atoms with Crippen molar-refractivity contribution in [3.63, 3.8) is 0 Å². The number of carbonyl (C=O) groups excluding carboxylic acids is 1. The first kappa shape index (κ1) is 21.1. The fourth-order valence-electron chi connectivity index (χ4n) is 2.84. The van der Waals surface area contributed by atoms with Gasteiger partial charge in [-0.15, -0.1) is 0 Å². The highest BCUT2D eigenvalue weighted by Gasteiger charge is 2.08. The highest BCUT2D eigenvalue weighted by atomic mass is 16.6. The summed E-state index contributed by atoms with van der Waals surface area (Å²) in [5.41, 5.74) is 4.19. The second kappa shape index (κ2) is 10.2. The van der Waals surface area contributed by atoms with Crippen molar-refractivity contribution in [1.29, 1.82) is 0 Å². The van der Waals surface area contributed by atoms with Crippen LogP contribution < -0.4 is 9.47 Å². The number of nitrogens with zero attached hydrogens (tertiary/aromatic N) is 1. The molecule has 0 spiro atoms. The number of carbonyl (C=O) groups is 1. The van der Waals surface area contributed by atoms with Crippen LogP contribution in [0.5, 0.6) is 11.5 Å². The molecule has 0 bridgehead atoms. The highest BCUT2D eigenvalue weighted by Crippen LogP contribution is 2.29. The second-order valence-corrected chi connectivity index (χ2v) is 7.10. The summed E-state index contributed by atoms with van der Waals surface area (Å²) in [6, 6.07) is 17.4. The molecule has 0 aliphatic rings. The summed E-state index contributed by atoms with van der Waals surface area (Å²) in [6.07, 6.45) is 10.6. The van der Waals surface area contributed by atoms with Crippen LogP contribution in [0.2, 0.25) is 0 Å². The number of rotatable bonds is 7. The van der Waals surface area contributed by atoms with Crippen LogP contribution in [-0.4, -0.2) is 18.1 Å². The van der Waals surface area contributed by atoms with E-state index in [4.69, 9.17) is 9.47 Å². The predicted octanol–water partition coefficient (Wildman–Crippen LogP) is 6.00. The first-order chi connectivity index (χ1) is 14.5. The van der Waals surface area contributed by atoms with Gasteiger partial charge in [-0.25, -0.2) is 4.79 Å². The van der Waals surface area contributed by atoms with E-state index in [2.05, 4.69) is 31.0 Å². The lowest BCUT2D eigenvalue weighted by Gasteiger charge is -2.09. The molecule has 0 amide bonds. The van der Waals surface area contributed by atoms with Crippen molar-refractivity contribution >= 4 is 24.2 Å². The summed E-state index contributed by atoms with van der Waals surface area (Å²) in [5.74, 6) is 0.891. The summed E-state index contributed by atoms with van der Waals surface area (Å²) >= 11 is 0. The molecule has 0 atom stereocenters. The first-order valence-electron chi connectivity index (χ1n) is 9.81. The molecule has 3 rings (SSSR count). The Morgan fingerprint density at radius 3 is 2.13 bits per heavy atom. The van der Waals surface area contributed by atoms with Gasteiger partial charge in [-0.2, -0.15) is 0 Å². The topological polar surface area (TPSA) is 48.4 Å². The van der Waals surface area contributed by atoms with Gasteiger partial charge in [0.25, 0.3) is 0 Å². The van der Waals surface area contributed by atoms with Crippen molar-refractivity contribution in [3.05, 3.63) is 95.3 Å². The van der Waals surface area contributed by atoms with Gasteiger partial charge < -0.3 is 9.47 Å². The molecule has 0 saturated heterocycles. The number of hydrogen-bond donors (Lipinski definition) is 0. The Bertz CT molecular complexity index is 1040. The summed E-state index contributed by atoms with van der Waals surface area (Å²) in [7, 11) is 1.55. The van der Waals surface area contributed by atoms with Crippen LogP contribution in [-0.2, 0) is 4.79 Å². The summed E-state index contributed by atoms with van der Waals surface area (Å²) in [4.78, 5) is 16.2. The van der Waals surface area contributed by atoms with Gasteiger partial charge in [0.1, 0.15) is 0 Å². The summed E-state index contributed by atoms with van der Waals surface area (Å²) in [6.45, 7) is 4.30. The monoisotopic (exact) mass is 399 g/mol. The van der Waals surface area contributed by atoms with E-state index in [-0.39, 0.29) is 0 Å². The third-order valence-corrected chi connectivity index (χ3v) is 4.59. The standard InChI is InChI=1S/C26H25NO3/c1-19(2)23-10-6-20(7-11-23)9-13-26(28)30-24-12-8-22(18-25(24)29-3)5-4-21-14-16-27-17-15-21/h4-19H,1-3H3/b5-4+,13-9+. The van der Waals surface area contributed by atoms with Crippen molar-refractivity contribution in [3.8, 4) is 11.5 Å². The van der Waals surface area contributed by atoms with E-state index in [9.17, 15) is 4.79 Å². The molecular formula is C26H25NO3. The Hall–Kier alpha value is -3.66. The Kier molecular flexibility index (Phi) is 7.17. The van der Waals surface area contributed by atoms with Crippen molar-refractivity contribution < 1.29 is 14.3 Å². The first-order valence-corrected chi connectivity index (χ1v) is 9.81. The average molecular weight is 399 g/mol. The maximum atomic E-state index is 12.2. The molecule has 4 heteroatoms. The molecule has 2 aromatic carbocycles. The van der Waals surface area contributed by atoms with E-state index < -0.39 is 5.97 Å². The molecular weight excluding hydrogens is 374 g/mol. The maximum Gasteiger partial charge on any atom is 0.336 e. The number of methoxy groups -OCH3 is 1. The van der Waals surface area contributed by atoms with Crippen molar-refractivity contribution in [1.82, 2.24) is 4.98 Å². The zero-order valence-corrected chi connectivity index (χ0v) is 17.4. The van der Waals surface area contributed by atoms with Crippen molar-refractivity contribution in [2.24, 2.45) is 0 Å². The second-order valence-electron chi connectivity index (χ2n) is 7.10. The van der Waals surface area contributed by atoms with Crippen LogP contribution >= 0.6 is 0 Å². The van der Waals surface area contributed by atoms with Gasteiger partial charge in [0.2, 0.25) is 0 Å². The normalized spacial score (nSPS) is 11.3. The molecule has 0 saturated carbocycles. The van der Waals surface area contributed by atoms with Gasteiger partial charge in [0.15, 0.2) is 11.5 Å². The molecule has 0 fully saturated rings. The number of aromatic nitrogens is 1. The number of pyridine rings is 1. The molecule has 1 heterocycles. The Morgan fingerprint density at radius 1 is 0.833 bits per heavy atom. The van der Waals surface area contributed by atoms with Crippen LogP contribution in [0.25, 0.3) is 18.2 Å². The van der Waals surface area contributed by atoms with Crippen LogP contribution in [0.3, 0.4) is 0 Å². The van der Waals surface area contributed by atoms with E-state index in [1.165, 1.54) is 11.6 Å². The zero-order valence-electron chi connectivity index (χ0n) is 17.4. The molecule has 0 aliphatic heterocycles. The minimum atomic E-state index is -0.457. The fourth-order valence-corrected chi connectivity index (χ4v) is 2.84. The molecule has 30 heavy (non-hydrogen) atoms. The predicted molar refractivity (Wildman–Crippen MR) is 121 cm³/mol. The minimum absolute atomic E-state index is 0.378. The van der Waals surface area contributed by atoms with Gasteiger partial charge >= 0.3 is 5.97 Å². The molecule has 1 aromatic heterocycles. The third-order valence-electron chi connectivity index (χ3n) is 4.59. The van der Waals surface area contributed by atoms with E-state index in [0.29, 0.717) is 17.4 Å². The lowest BCUT2D eigenvalue weighted by molar-refractivity contribution is -0.129. The Labute approximate surface area is 177 Å². The van der Waals surface area contributed by atoms with Gasteiger partial charge in [-0.1, -0.05) is 56.3 Å². The van der Waals surface area contributed by atoms with Gasteiger partial charge in [-0.05, 0) is 58.5 Å². The van der Waals surface area contributed by atoms with Crippen molar-refractivity contribution in [2.45, 2.75) is 19.8 Å². The van der Waals surface area contributed by atoms with Crippen LogP contribution in [0.15, 0.2) is 73.1 Å². The van der Waals surface area contributed by atoms with E-state index in [0.717, 1.165) is 16.7 Å². The van der Waals surface area contributed by atoms with Crippen LogP contribution in [0, 0.1) is 0 Å². The molecule has 0 unspecified atom stereocenters. The quantitative estimate of drug-likeness (QED) is 0.278. The van der Waals surface area contributed by atoms with E-state index in [1.54, 1.807) is 31.6 Å². The molecule has 152 valence electrons. The molecule has 0 aliphatic carbocycles. The Balaban J connectivity index is 1.66. The lowest BCUT2D eigenvalue weighted by Crippen LogP contribution is -2.05. The summed E-state index contributed by atoms with van der Waals surface area (Å²) in [5, 5.41) is 0. The van der Waals surface area contributed by atoms with Gasteiger partial charge in [0, 0.05) is 18.5 Å². The van der Waals surface area contributed by atoms with Crippen molar-refractivity contribution in [2.75, 3.05) is 7.11 Å². The highest BCUT2D eigenvalue weighted by molar-refractivity contribution is 5.89. The molecule has 3 aromatic rings. The fraction of sp³-hybridized carbons (Fsp3) is 0.154. The number of esters is 1. The van der Waals surface area contributed by atoms with Gasteiger partial charge in [-0.3, -0.25) is 4.98 Å². The van der Waals surface area contributed by atoms with Crippen LogP contribution in [0.4, 0.5) is 0 Å². The average Bonchev–Trinajstić information content (AvgIpc) is 2.78. The number of benzene rings is 2. The Morgan fingerprint density at radius 2 is 1.47 bits per heavy atom. The minimum Gasteiger partial charge on any atom is -0.493 e. The van der Waals surface area contributed by atoms with E-state index >= 15 is 0 Å². The molecule has 4 nitrogen and oxygen atoms in total. The zero-order chi connectivity index (χ0) is 21.3. The summed E-state index contributed by atoms with van der Waals surface area (Å²) < 4.78 is 10.8. The van der Waals surface area contributed by atoms with E-state index in [1.807, 2.05) is 48.6 Å². The smallest absolute Gasteiger partial charge is 0.336 e. The SMILES string of the molecule is COc1cc(/C=C/c2ccncc2)ccc1OC(=O)/C=C/c1ccc(C(C)C)cc1.